The van der Waals surface area contributed by atoms with Gasteiger partial charge in [0.05, 0.1) is 17.5 Å². The molecule has 1 aliphatic carbocycles. The zero-order valence-corrected chi connectivity index (χ0v) is 13.9. The zero-order chi connectivity index (χ0) is 16.5. The first-order valence-electron chi connectivity index (χ1n) is 8.64. The van der Waals surface area contributed by atoms with Crippen LogP contribution in [0.3, 0.4) is 0 Å². The van der Waals surface area contributed by atoms with Crippen LogP contribution in [-0.2, 0) is 0 Å². The van der Waals surface area contributed by atoms with Crippen molar-refractivity contribution in [1.82, 2.24) is 15.5 Å². The Kier molecular flexibility index (Phi) is 3.96. The third-order valence-corrected chi connectivity index (χ3v) is 4.75. The molecule has 0 spiro atoms. The molecule has 0 aromatic carbocycles. The van der Waals surface area contributed by atoms with Gasteiger partial charge in [-0.15, -0.1) is 5.10 Å². The second-order valence-electron chi connectivity index (χ2n) is 6.76. The van der Waals surface area contributed by atoms with Gasteiger partial charge in [-0.05, 0) is 50.8 Å². The largest absolute Gasteiger partial charge is 0.468 e. The van der Waals surface area contributed by atoms with E-state index in [0.717, 1.165) is 56.0 Å². The highest BCUT2D eigenvalue weighted by Gasteiger charge is 2.32. The molecule has 24 heavy (non-hydrogen) atoms. The summed E-state index contributed by atoms with van der Waals surface area (Å²) in [5, 5.41) is 11.6. The number of carbonyl (C=O) groups is 1. The Morgan fingerprint density at radius 1 is 1.25 bits per heavy atom. The zero-order valence-electron chi connectivity index (χ0n) is 13.9. The summed E-state index contributed by atoms with van der Waals surface area (Å²) in [5.74, 6) is 2.14. The van der Waals surface area contributed by atoms with Crippen molar-refractivity contribution in [3.63, 3.8) is 0 Å². The monoisotopic (exact) mass is 326 g/mol. The van der Waals surface area contributed by atoms with Crippen molar-refractivity contribution in [2.24, 2.45) is 0 Å². The summed E-state index contributed by atoms with van der Waals surface area (Å²) >= 11 is 0. The lowest BCUT2D eigenvalue weighted by molar-refractivity contribution is 0.0931. The van der Waals surface area contributed by atoms with Gasteiger partial charge >= 0.3 is 0 Å². The van der Waals surface area contributed by atoms with Gasteiger partial charge in [-0.3, -0.25) is 4.79 Å². The molecule has 1 atom stereocenters. The van der Waals surface area contributed by atoms with Crippen LogP contribution in [0.15, 0.2) is 28.9 Å². The van der Waals surface area contributed by atoms with Crippen LogP contribution >= 0.6 is 0 Å². The minimum atomic E-state index is -0.0208. The van der Waals surface area contributed by atoms with E-state index in [0.29, 0.717) is 11.5 Å². The minimum absolute atomic E-state index is 0.0208. The lowest BCUT2D eigenvalue weighted by Gasteiger charge is -2.33. The highest BCUT2D eigenvalue weighted by atomic mass is 16.3. The molecule has 1 amide bonds. The SMILES string of the molecule is Cc1ccc(N2CCCC(NC(=O)c3ccoc3C3CC3)C2)nn1. The molecular formula is C18H22N4O2. The summed E-state index contributed by atoms with van der Waals surface area (Å²) in [6, 6.07) is 5.87. The first kappa shape index (κ1) is 15.2. The number of furan rings is 1. The fourth-order valence-corrected chi connectivity index (χ4v) is 3.30. The lowest BCUT2D eigenvalue weighted by atomic mass is 10.0. The molecule has 4 rings (SSSR count). The molecule has 1 unspecified atom stereocenters. The summed E-state index contributed by atoms with van der Waals surface area (Å²) in [6.07, 6.45) is 5.88. The molecular weight excluding hydrogens is 304 g/mol. The number of aromatic nitrogens is 2. The van der Waals surface area contributed by atoms with Crippen LogP contribution < -0.4 is 10.2 Å². The molecule has 3 heterocycles. The normalized spacial score (nSPS) is 20.9. The Hall–Kier alpha value is -2.37. The van der Waals surface area contributed by atoms with Crippen molar-refractivity contribution in [2.75, 3.05) is 18.0 Å². The fourth-order valence-electron chi connectivity index (χ4n) is 3.30. The Labute approximate surface area is 141 Å². The first-order chi connectivity index (χ1) is 11.7. The van der Waals surface area contributed by atoms with Gasteiger partial charge in [0.15, 0.2) is 5.82 Å². The second kappa shape index (κ2) is 6.26. The van der Waals surface area contributed by atoms with E-state index in [1.165, 1.54) is 0 Å². The third kappa shape index (κ3) is 3.13. The van der Waals surface area contributed by atoms with E-state index in [1.54, 1.807) is 12.3 Å². The number of carbonyl (C=O) groups excluding carboxylic acids is 1. The number of nitrogens with one attached hydrogen (secondary N) is 1. The Morgan fingerprint density at radius 2 is 2.12 bits per heavy atom. The Balaban J connectivity index is 1.41. The van der Waals surface area contributed by atoms with Gasteiger partial charge in [-0.1, -0.05) is 0 Å². The molecule has 1 saturated heterocycles. The molecule has 1 saturated carbocycles. The van der Waals surface area contributed by atoms with Gasteiger partial charge < -0.3 is 14.6 Å². The van der Waals surface area contributed by atoms with Gasteiger partial charge in [0.1, 0.15) is 5.76 Å². The topological polar surface area (TPSA) is 71.3 Å². The quantitative estimate of drug-likeness (QED) is 0.935. The van der Waals surface area contributed by atoms with Crippen LogP contribution in [0.25, 0.3) is 0 Å². The van der Waals surface area contributed by atoms with Gasteiger partial charge in [-0.2, -0.15) is 5.10 Å². The molecule has 0 bridgehead atoms. The van der Waals surface area contributed by atoms with E-state index in [-0.39, 0.29) is 11.9 Å². The number of nitrogens with zero attached hydrogens (tertiary/aromatic N) is 3. The third-order valence-electron chi connectivity index (χ3n) is 4.75. The number of hydrogen-bond acceptors (Lipinski definition) is 5. The smallest absolute Gasteiger partial charge is 0.255 e. The summed E-state index contributed by atoms with van der Waals surface area (Å²) in [6.45, 7) is 3.64. The molecule has 2 aromatic heterocycles. The minimum Gasteiger partial charge on any atom is -0.468 e. The van der Waals surface area contributed by atoms with Gasteiger partial charge in [0.25, 0.3) is 5.91 Å². The molecule has 2 fully saturated rings. The average molecular weight is 326 g/mol. The van der Waals surface area contributed by atoms with E-state index in [1.807, 2.05) is 19.1 Å². The van der Waals surface area contributed by atoms with Gasteiger partial charge in [0.2, 0.25) is 0 Å². The second-order valence-corrected chi connectivity index (χ2v) is 6.76. The molecule has 2 aliphatic rings. The maximum atomic E-state index is 12.6. The first-order valence-corrected chi connectivity index (χ1v) is 8.64. The molecule has 1 aliphatic heterocycles. The van der Waals surface area contributed by atoms with Crippen LogP contribution in [0.1, 0.15) is 53.4 Å². The van der Waals surface area contributed by atoms with E-state index in [2.05, 4.69) is 20.4 Å². The highest BCUT2D eigenvalue weighted by Crippen LogP contribution is 2.42. The summed E-state index contributed by atoms with van der Waals surface area (Å²) < 4.78 is 5.51. The fraction of sp³-hybridized carbons (Fsp3) is 0.500. The van der Waals surface area contributed by atoms with Crippen molar-refractivity contribution in [3.8, 4) is 0 Å². The van der Waals surface area contributed by atoms with E-state index >= 15 is 0 Å². The average Bonchev–Trinajstić information content (AvgIpc) is 3.32. The summed E-state index contributed by atoms with van der Waals surface area (Å²) in [5.41, 5.74) is 1.61. The van der Waals surface area contributed by atoms with Crippen molar-refractivity contribution < 1.29 is 9.21 Å². The van der Waals surface area contributed by atoms with Crippen LogP contribution in [0.2, 0.25) is 0 Å². The molecule has 2 aromatic rings. The van der Waals surface area contributed by atoms with Crippen LogP contribution in [0, 0.1) is 6.92 Å². The van der Waals surface area contributed by atoms with Crippen LogP contribution in [0.5, 0.6) is 0 Å². The van der Waals surface area contributed by atoms with Gasteiger partial charge in [-0.25, -0.2) is 0 Å². The van der Waals surface area contributed by atoms with Crippen molar-refractivity contribution >= 4 is 11.7 Å². The number of anilines is 1. The van der Waals surface area contributed by atoms with Crippen molar-refractivity contribution in [1.29, 1.82) is 0 Å². The van der Waals surface area contributed by atoms with Crippen molar-refractivity contribution in [3.05, 3.63) is 41.5 Å². The highest BCUT2D eigenvalue weighted by molar-refractivity contribution is 5.95. The molecule has 6 heteroatoms. The summed E-state index contributed by atoms with van der Waals surface area (Å²) in [7, 11) is 0. The number of aryl methyl sites for hydroxylation is 1. The number of rotatable bonds is 4. The summed E-state index contributed by atoms with van der Waals surface area (Å²) in [4.78, 5) is 14.8. The standard InChI is InChI=1S/C18H22N4O2/c1-12-4-7-16(21-20-12)22-9-2-3-14(11-22)19-18(23)15-8-10-24-17(15)13-5-6-13/h4,7-8,10,13-14H,2-3,5-6,9,11H2,1H3,(H,19,23). The number of hydrogen-bond donors (Lipinski definition) is 1. The molecule has 0 radical (unpaired) electrons. The van der Waals surface area contributed by atoms with E-state index < -0.39 is 0 Å². The maximum Gasteiger partial charge on any atom is 0.255 e. The van der Waals surface area contributed by atoms with Gasteiger partial charge in [0, 0.05) is 25.0 Å². The molecule has 126 valence electrons. The lowest BCUT2D eigenvalue weighted by Crippen LogP contribution is -2.48. The van der Waals surface area contributed by atoms with E-state index in [9.17, 15) is 4.79 Å². The maximum absolute atomic E-state index is 12.6. The van der Waals surface area contributed by atoms with Crippen LogP contribution in [-0.4, -0.2) is 35.2 Å². The number of amides is 1. The Morgan fingerprint density at radius 3 is 2.88 bits per heavy atom. The van der Waals surface area contributed by atoms with E-state index in [4.69, 9.17) is 4.42 Å². The molecule has 6 nitrogen and oxygen atoms in total. The Bertz CT molecular complexity index is 721. The predicted molar refractivity (Wildman–Crippen MR) is 90.2 cm³/mol. The predicted octanol–water partition coefficient (Wildman–Crippen LogP) is 2.65. The van der Waals surface area contributed by atoms with Crippen LogP contribution in [0.4, 0.5) is 5.82 Å². The van der Waals surface area contributed by atoms with Crippen molar-refractivity contribution in [2.45, 2.75) is 44.6 Å². The number of piperidine rings is 1. The molecule has 1 N–H and O–H groups in total.